The quantitative estimate of drug-likeness (QED) is 0.750. The smallest absolute Gasteiger partial charge is 0.101 e. The molecule has 14 heavy (non-hydrogen) atoms. The molecule has 0 aromatic carbocycles. The first-order chi connectivity index (χ1) is 6.73. The average Bonchev–Trinajstić information content (AvgIpc) is 2.73. The van der Waals surface area contributed by atoms with E-state index < -0.39 is 0 Å². The van der Waals surface area contributed by atoms with Crippen molar-refractivity contribution in [2.24, 2.45) is 0 Å². The van der Waals surface area contributed by atoms with Gasteiger partial charge in [0.15, 0.2) is 0 Å². The predicted octanol–water partition coefficient (Wildman–Crippen LogP) is 2.67. The highest BCUT2D eigenvalue weighted by Crippen LogP contribution is 2.40. The summed E-state index contributed by atoms with van der Waals surface area (Å²) in [6.07, 6.45) is 2.48. The zero-order valence-corrected chi connectivity index (χ0v) is 8.88. The Bertz CT molecular complexity index is 344. The van der Waals surface area contributed by atoms with Gasteiger partial charge in [-0.3, -0.25) is 0 Å². The van der Waals surface area contributed by atoms with Gasteiger partial charge in [0.1, 0.15) is 6.10 Å². The minimum Gasteiger partial charge on any atom is -0.365 e. The van der Waals surface area contributed by atoms with Crippen LogP contribution in [0, 0.1) is 11.3 Å². The van der Waals surface area contributed by atoms with Gasteiger partial charge in [-0.2, -0.15) is 5.26 Å². The van der Waals surface area contributed by atoms with E-state index in [1.54, 1.807) is 11.3 Å². The molecule has 0 bridgehead atoms. The molecule has 2 atom stereocenters. The highest BCUT2D eigenvalue weighted by molar-refractivity contribution is 7.07. The van der Waals surface area contributed by atoms with Crippen molar-refractivity contribution in [3.63, 3.8) is 0 Å². The monoisotopic (exact) mass is 208 g/mol. The van der Waals surface area contributed by atoms with Crippen LogP contribution in [0.25, 0.3) is 0 Å². The van der Waals surface area contributed by atoms with Crippen LogP contribution in [-0.2, 0) is 4.74 Å². The number of hydrogen-bond acceptors (Lipinski definition) is 4. The van der Waals surface area contributed by atoms with Gasteiger partial charge in [-0.1, -0.05) is 0 Å². The largest absolute Gasteiger partial charge is 0.365 e. The molecule has 0 amide bonds. The Hall–Kier alpha value is -0.920. The fraction of sp³-hybridized carbons (Fsp3) is 0.600. The summed E-state index contributed by atoms with van der Waals surface area (Å²) in [4.78, 5) is 4.23. The predicted molar refractivity (Wildman–Crippen MR) is 53.8 cm³/mol. The molecule has 1 saturated heterocycles. The van der Waals surface area contributed by atoms with Gasteiger partial charge in [0.2, 0.25) is 0 Å². The zero-order chi connectivity index (χ0) is 10.0. The number of nitrogens with zero attached hydrogens (tertiary/aromatic N) is 2. The Morgan fingerprint density at radius 2 is 2.71 bits per heavy atom. The van der Waals surface area contributed by atoms with E-state index in [-0.39, 0.29) is 11.7 Å². The average molecular weight is 208 g/mol. The lowest BCUT2D eigenvalue weighted by Gasteiger charge is -2.20. The molecule has 2 unspecified atom stereocenters. The molecule has 0 aliphatic carbocycles. The first-order valence-corrected chi connectivity index (χ1v) is 5.61. The summed E-state index contributed by atoms with van der Waals surface area (Å²) in [5, 5.41) is 10.7. The van der Waals surface area contributed by atoms with Gasteiger partial charge in [0.05, 0.1) is 29.3 Å². The van der Waals surface area contributed by atoms with Crippen LogP contribution in [-0.4, -0.2) is 10.6 Å². The summed E-state index contributed by atoms with van der Waals surface area (Å²) >= 11 is 1.58. The molecule has 0 spiro atoms. The molecule has 0 saturated carbocycles. The molecule has 4 heteroatoms. The summed E-state index contributed by atoms with van der Waals surface area (Å²) in [6, 6.07) is 2.17. The number of thiazole rings is 1. The van der Waals surface area contributed by atoms with Crippen molar-refractivity contribution >= 4 is 11.3 Å². The molecule has 0 radical (unpaired) electrons. The fourth-order valence-electron chi connectivity index (χ4n) is 1.78. The highest BCUT2D eigenvalue weighted by atomic mass is 32.1. The van der Waals surface area contributed by atoms with Gasteiger partial charge in [0.25, 0.3) is 0 Å². The number of aromatic nitrogens is 1. The minimum atomic E-state index is -0.261. The minimum absolute atomic E-state index is 0.0969. The Morgan fingerprint density at radius 3 is 3.36 bits per heavy atom. The van der Waals surface area contributed by atoms with Crippen LogP contribution in [0.1, 0.15) is 38.0 Å². The molecule has 0 N–H and O–H groups in total. The molecule has 2 heterocycles. The van der Waals surface area contributed by atoms with E-state index >= 15 is 0 Å². The van der Waals surface area contributed by atoms with E-state index in [4.69, 9.17) is 10.00 Å². The van der Waals surface area contributed by atoms with Gasteiger partial charge >= 0.3 is 0 Å². The Labute approximate surface area is 87.3 Å². The maximum Gasteiger partial charge on any atom is 0.101 e. The first-order valence-electron chi connectivity index (χ1n) is 4.66. The summed E-state index contributed by atoms with van der Waals surface area (Å²) in [5.41, 5.74) is 2.57. The lowest BCUT2D eigenvalue weighted by atomic mass is 9.99. The van der Waals surface area contributed by atoms with E-state index in [1.807, 2.05) is 17.8 Å². The topological polar surface area (TPSA) is 45.9 Å². The van der Waals surface area contributed by atoms with E-state index in [2.05, 4.69) is 11.1 Å². The molecule has 3 nitrogen and oxygen atoms in total. The molecule has 74 valence electrons. The van der Waals surface area contributed by atoms with Crippen LogP contribution in [0.2, 0.25) is 0 Å². The third kappa shape index (κ3) is 1.79. The van der Waals surface area contributed by atoms with Crippen molar-refractivity contribution in [2.45, 2.75) is 37.9 Å². The molecule has 1 aromatic rings. The second-order valence-electron chi connectivity index (χ2n) is 3.84. The van der Waals surface area contributed by atoms with Crippen molar-refractivity contribution in [2.75, 3.05) is 0 Å². The highest BCUT2D eigenvalue weighted by Gasteiger charge is 2.37. The van der Waals surface area contributed by atoms with Crippen molar-refractivity contribution in [3.05, 3.63) is 16.6 Å². The SMILES string of the molecule is CC1(CC#N)CCC(c2cscn2)O1. The summed E-state index contributed by atoms with van der Waals surface area (Å²) < 4.78 is 5.86. The van der Waals surface area contributed by atoms with Crippen molar-refractivity contribution in [3.8, 4) is 6.07 Å². The third-order valence-electron chi connectivity index (χ3n) is 2.60. The molecule has 1 aromatic heterocycles. The van der Waals surface area contributed by atoms with E-state index in [9.17, 15) is 0 Å². The number of ether oxygens (including phenoxy) is 1. The summed E-state index contributed by atoms with van der Waals surface area (Å²) in [7, 11) is 0. The van der Waals surface area contributed by atoms with Crippen LogP contribution in [0.15, 0.2) is 10.9 Å². The number of nitriles is 1. The Balaban J connectivity index is 2.05. The number of rotatable bonds is 2. The second-order valence-corrected chi connectivity index (χ2v) is 4.56. The van der Waals surface area contributed by atoms with Gasteiger partial charge in [-0.15, -0.1) is 11.3 Å². The Kier molecular flexibility index (Phi) is 2.53. The van der Waals surface area contributed by atoms with Gasteiger partial charge in [-0.25, -0.2) is 4.98 Å². The van der Waals surface area contributed by atoms with E-state index in [1.165, 1.54) is 0 Å². The third-order valence-corrected chi connectivity index (χ3v) is 3.20. The Morgan fingerprint density at radius 1 is 1.86 bits per heavy atom. The molecule has 1 aliphatic heterocycles. The second kappa shape index (κ2) is 3.68. The van der Waals surface area contributed by atoms with Crippen LogP contribution >= 0.6 is 11.3 Å². The van der Waals surface area contributed by atoms with Crippen LogP contribution in [0.4, 0.5) is 0 Å². The van der Waals surface area contributed by atoms with Crippen LogP contribution < -0.4 is 0 Å². The van der Waals surface area contributed by atoms with Crippen molar-refractivity contribution in [1.29, 1.82) is 5.26 Å². The summed E-state index contributed by atoms with van der Waals surface area (Å²) in [6.45, 7) is 2.00. The lowest BCUT2D eigenvalue weighted by Crippen LogP contribution is -2.22. The summed E-state index contributed by atoms with van der Waals surface area (Å²) in [5.74, 6) is 0. The number of hydrogen-bond donors (Lipinski definition) is 0. The standard InChI is InChI=1S/C10H12N2OS/c1-10(4-5-11)3-2-9(13-10)8-6-14-7-12-8/h6-7,9H,2-4H2,1H3. The zero-order valence-electron chi connectivity index (χ0n) is 8.06. The molecule has 1 aliphatic rings. The van der Waals surface area contributed by atoms with E-state index in [0.29, 0.717) is 6.42 Å². The van der Waals surface area contributed by atoms with Crippen LogP contribution in [0.5, 0.6) is 0 Å². The normalized spacial score (nSPS) is 31.6. The van der Waals surface area contributed by atoms with Gasteiger partial charge in [0, 0.05) is 5.38 Å². The lowest BCUT2D eigenvalue weighted by molar-refractivity contribution is -0.0276. The van der Waals surface area contributed by atoms with Gasteiger partial charge in [-0.05, 0) is 19.8 Å². The molecular weight excluding hydrogens is 196 g/mol. The van der Waals surface area contributed by atoms with Crippen molar-refractivity contribution < 1.29 is 4.74 Å². The van der Waals surface area contributed by atoms with Crippen LogP contribution in [0.3, 0.4) is 0 Å². The van der Waals surface area contributed by atoms with Gasteiger partial charge < -0.3 is 4.74 Å². The maximum atomic E-state index is 8.67. The molecular formula is C10H12N2OS. The fourth-order valence-corrected chi connectivity index (χ4v) is 2.38. The molecule has 1 fully saturated rings. The maximum absolute atomic E-state index is 8.67. The first kappa shape index (κ1) is 9.63. The van der Waals surface area contributed by atoms with E-state index in [0.717, 1.165) is 18.5 Å². The molecule has 2 rings (SSSR count). The van der Waals surface area contributed by atoms with Crippen molar-refractivity contribution in [1.82, 2.24) is 4.98 Å².